The van der Waals surface area contributed by atoms with Crippen molar-refractivity contribution in [2.24, 2.45) is 5.92 Å². The largest absolute Gasteiger partial charge is 0.366 e. The Morgan fingerprint density at radius 3 is 2.77 bits per heavy atom. The molecule has 0 bridgehead atoms. The lowest BCUT2D eigenvalue weighted by Crippen LogP contribution is -2.40. The normalized spacial score (nSPS) is 23.2. The van der Waals surface area contributed by atoms with Gasteiger partial charge in [-0.15, -0.1) is 0 Å². The number of anilines is 1. The number of rotatable bonds is 5. The molecule has 10 heteroatoms. The van der Waals surface area contributed by atoms with E-state index in [4.69, 9.17) is 11.6 Å². The maximum atomic E-state index is 15.3. The van der Waals surface area contributed by atoms with Crippen molar-refractivity contribution < 1.29 is 14.1 Å². The second-order valence-corrected chi connectivity index (χ2v) is 9.09. The number of pyridine rings is 1. The number of hydrogen-bond acceptors (Lipinski definition) is 6. The van der Waals surface area contributed by atoms with Crippen LogP contribution in [0.2, 0.25) is 5.02 Å². The molecule has 0 spiro atoms. The van der Waals surface area contributed by atoms with Crippen LogP contribution in [0.4, 0.5) is 10.1 Å². The maximum absolute atomic E-state index is 15.3. The van der Waals surface area contributed by atoms with Gasteiger partial charge in [0.2, 0.25) is 11.2 Å². The van der Waals surface area contributed by atoms with Gasteiger partial charge in [-0.1, -0.05) is 11.6 Å². The summed E-state index contributed by atoms with van der Waals surface area (Å²) in [7, 11) is 0. The fraction of sp³-hybridized carbons (Fsp3) is 0.524. The smallest absolute Gasteiger partial charge is 0.266 e. The standard InChI is InChI=1S/C21H22ClFN4O4/c22-18-19-13(6-15(23)20(18)25-7-11-2-1-5-24-16(11)9-25)21(29)14(17(28)10-27(30)31)8-26(19)12-3-4-12/h6,8,11-12,16,24H,1-5,7,9-10H2/t11-,16-/m1/s1. The van der Waals surface area contributed by atoms with Crippen LogP contribution in [-0.2, 0) is 0 Å². The number of aromatic nitrogens is 1. The third kappa shape index (κ3) is 3.49. The van der Waals surface area contributed by atoms with Gasteiger partial charge in [0.1, 0.15) is 5.82 Å². The second kappa shape index (κ2) is 7.56. The van der Waals surface area contributed by atoms with Gasteiger partial charge >= 0.3 is 0 Å². The van der Waals surface area contributed by atoms with Gasteiger partial charge in [-0.2, -0.15) is 0 Å². The molecule has 3 heterocycles. The minimum atomic E-state index is -0.983. The second-order valence-electron chi connectivity index (χ2n) is 8.71. The average Bonchev–Trinajstić information content (AvgIpc) is 3.47. The van der Waals surface area contributed by atoms with E-state index in [1.165, 1.54) is 6.20 Å². The Hall–Kier alpha value is -2.52. The Balaban J connectivity index is 1.66. The summed E-state index contributed by atoms with van der Waals surface area (Å²) in [6.45, 7) is 1.29. The Morgan fingerprint density at radius 1 is 1.32 bits per heavy atom. The van der Waals surface area contributed by atoms with Crippen molar-refractivity contribution in [2.45, 2.75) is 37.8 Å². The molecule has 31 heavy (non-hydrogen) atoms. The van der Waals surface area contributed by atoms with Crippen LogP contribution in [-0.4, -0.2) is 47.5 Å². The molecule has 1 aromatic carbocycles. The average molecular weight is 449 g/mol. The number of carbonyl (C=O) groups is 1. The van der Waals surface area contributed by atoms with Crippen molar-refractivity contribution in [1.82, 2.24) is 9.88 Å². The molecular formula is C21H22ClFN4O4. The lowest BCUT2D eigenvalue weighted by atomic mass is 9.94. The van der Waals surface area contributed by atoms with Crippen LogP contribution in [0.5, 0.6) is 0 Å². The van der Waals surface area contributed by atoms with E-state index in [0.29, 0.717) is 24.5 Å². The van der Waals surface area contributed by atoms with Gasteiger partial charge in [-0.3, -0.25) is 19.7 Å². The fourth-order valence-electron chi connectivity index (χ4n) is 4.99. The quantitative estimate of drug-likeness (QED) is 0.429. The number of hydrogen-bond donors (Lipinski definition) is 1. The summed E-state index contributed by atoms with van der Waals surface area (Å²) in [4.78, 5) is 37.2. The first-order chi connectivity index (χ1) is 14.8. The van der Waals surface area contributed by atoms with Crippen LogP contribution < -0.4 is 15.6 Å². The first-order valence-electron chi connectivity index (χ1n) is 10.6. The number of piperidine rings is 1. The third-order valence-electron chi connectivity index (χ3n) is 6.61. The van der Waals surface area contributed by atoms with Gasteiger partial charge in [0.05, 0.1) is 27.2 Å². The molecule has 1 saturated carbocycles. The molecule has 0 unspecified atom stereocenters. The summed E-state index contributed by atoms with van der Waals surface area (Å²) in [5, 5.41) is 14.4. The highest BCUT2D eigenvalue weighted by Crippen LogP contribution is 2.43. The zero-order valence-corrected chi connectivity index (χ0v) is 17.5. The van der Waals surface area contributed by atoms with Gasteiger partial charge in [0.25, 0.3) is 6.54 Å². The van der Waals surface area contributed by atoms with E-state index in [-0.39, 0.29) is 33.7 Å². The molecule has 0 amide bonds. The van der Waals surface area contributed by atoms with Crippen molar-refractivity contribution in [3.63, 3.8) is 0 Å². The van der Waals surface area contributed by atoms with E-state index in [9.17, 15) is 19.7 Å². The molecule has 1 aliphatic carbocycles. The molecule has 2 aliphatic heterocycles. The number of nitrogens with one attached hydrogen (secondary N) is 1. The van der Waals surface area contributed by atoms with E-state index >= 15 is 4.39 Å². The van der Waals surface area contributed by atoms with E-state index in [1.54, 1.807) is 4.57 Å². The highest BCUT2D eigenvalue weighted by Gasteiger charge is 2.37. The van der Waals surface area contributed by atoms with Crippen LogP contribution in [0, 0.1) is 21.8 Å². The van der Waals surface area contributed by atoms with Crippen molar-refractivity contribution in [1.29, 1.82) is 0 Å². The Bertz CT molecular complexity index is 1150. The van der Waals surface area contributed by atoms with Crippen LogP contribution in [0.3, 0.4) is 0 Å². The molecule has 2 saturated heterocycles. The molecule has 0 radical (unpaired) electrons. The first kappa shape index (κ1) is 20.4. The van der Waals surface area contributed by atoms with Crippen molar-refractivity contribution in [2.75, 3.05) is 31.1 Å². The summed E-state index contributed by atoms with van der Waals surface area (Å²) < 4.78 is 17.0. The predicted octanol–water partition coefficient (Wildman–Crippen LogP) is 2.78. The minimum absolute atomic E-state index is 0.0120. The van der Waals surface area contributed by atoms with Gasteiger partial charge in [0.15, 0.2) is 0 Å². The van der Waals surface area contributed by atoms with Crippen molar-refractivity contribution in [3.8, 4) is 0 Å². The number of halogens is 2. The molecule has 164 valence electrons. The first-order valence-corrected chi connectivity index (χ1v) is 10.9. The van der Waals surface area contributed by atoms with Crippen LogP contribution in [0.15, 0.2) is 17.1 Å². The topological polar surface area (TPSA) is 97.5 Å². The van der Waals surface area contributed by atoms with Gasteiger partial charge in [0, 0.05) is 36.3 Å². The molecule has 2 atom stereocenters. The zero-order chi connectivity index (χ0) is 21.9. The minimum Gasteiger partial charge on any atom is -0.366 e. The molecule has 2 aromatic rings. The van der Waals surface area contributed by atoms with Gasteiger partial charge in [-0.25, -0.2) is 4.39 Å². The summed E-state index contributed by atoms with van der Waals surface area (Å²) in [5.41, 5.74) is -0.340. The zero-order valence-electron chi connectivity index (χ0n) is 16.8. The van der Waals surface area contributed by atoms with Gasteiger partial charge < -0.3 is 14.8 Å². The summed E-state index contributed by atoms with van der Waals surface area (Å²) in [6, 6.07) is 1.45. The summed E-state index contributed by atoms with van der Waals surface area (Å²) in [5.74, 6) is -1.08. The lowest BCUT2D eigenvalue weighted by Gasteiger charge is -2.24. The highest BCUT2D eigenvalue weighted by molar-refractivity contribution is 6.38. The van der Waals surface area contributed by atoms with Crippen molar-refractivity contribution in [3.05, 3.63) is 49.0 Å². The Labute approximate surface area is 182 Å². The van der Waals surface area contributed by atoms with E-state index in [1.807, 2.05) is 4.90 Å². The van der Waals surface area contributed by atoms with Gasteiger partial charge in [-0.05, 0) is 44.2 Å². The molecule has 8 nitrogen and oxygen atoms in total. The maximum Gasteiger partial charge on any atom is 0.266 e. The number of benzene rings is 1. The predicted molar refractivity (Wildman–Crippen MR) is 114 cm³/mol. The number of fused-ring (bicyclic) bond motifs is 2. The molecule has 3 fully saturated rings. The Kier molecular flexibility index (Phi) is 4.97. The van der Waals surface area contributed by atoms with E-state index in [0.717, 1.165) is 38.3 Å². The van der Waals surface area contributed by atoms with E-state index < -0.39 is 28.5 Å². The lowest BCUT2D eigenvalue weighted by molar-refractivity contribution is -0.465. The number of nitrogens with zero attached hydrogens (tertiary/aromatic N) is 3. The number of Topliss-reactive ketones (excluding diaryl/α,β-unsaturated/α-hetero) is 1. The number of ketones is 1. The van der Waals surface area contributed by atoms with Crippen LogP contribution in [0.25, 0.3) is 10.9 Å². The molecule has 3 aliphatic rings. The molecule has 1 aromatic heterocycles. The summed E-state index contributed by atoms with van der Waals surface area (Å²) in [6.07, 6.45) is 5.21. The summed E-state index contributed by atoms with van der Waals surface area (Å²) >= 11 is 6.73. The van der Waals surface area contributed by atoms with E-state index in [2.05, 4.69) is 5.32 Å². The number of carbonyl (C=O) groups excluding carboxylic acids is 1. The number of nitro groups is 1. The molecular weight excluding hydrogens is 427 g/mol. The van der Waals surface area contributed by atoms with Crippen molar-refractivity contribution >= 4 is 34.0 Å². The Morgan fingerprint density at radius 2 is 2.10 bits per heavy atom. The fourth-order valence-corrected chi connectivity index (χ4v) is 5.40. The molecule has 5 rings (SSSR count). The highest BCUT2D eigenvalue weighted by atomic mass is 35.5. The van der Waals surface area contributed by atoms with Crippen LogP contribution in [0.1, 0.15) is 42.1 Å². The molecule has 1 N–H and O–H groups in total. The SMILES string of the molecule is O=C(C[N+](=O)[O-])c1cn(C2CC2)c2c(Cl)c(N3C[C@H]4CCCN[C@@H]4C3)c(F)cc2c1=O. The van der Waals surface area contributed by atoms with Crippen LogP contribution >= 0.6 is 11.6 Å². The monoisotopic (exact) mass is 448 g/mol. The third-order valence-corrected chi connectivity index (χ3v) is 6.97.